The minimum absolute atomic E-state index is 0.0383. The number of nitrogens with one attached hydrogen (secondary N) is 1. The van der Waals surface area contributed by atoms with Crippen LogP contribution in [0.2, 0.25) is 0 Å². The molecule has 1 heterocycles. The van der Waals surface area contributed by atoms with Gasteiger partial charge in [-0.25, -0.2) is 0 Å². The maximum Gasteiger partial charge on any atom is 0.252 e. The minimum Gasteiger partial charge on any atom is -0.512 e. The molecule has 1 amide bonds. The Morgan fingerprint density at radius 2 is 1.96 bits per heavy atom. The lowest BCUT2D eigenvalue weighted by Crippen LogP contribution is -2.28. The van der Waals surface area contributed by atoms with E-state index in [0.29, 0.717) is 25.2 Å². The highest BCUT2D eigenvalue weighted by atomic mass is 16.3. The molecule has 0 saturated carbocycles. The standard InChI is InChI=1S/C21H30N2O4/c1-13(2)19(14(3)25)8-18(12-24)21(27)23-10-16-6-5-15(7-17(16)11-23)20(26)9-22-4/h5-8,13,20,22,24-26H,9-12H2,1-4H3/b18-8+,19-14-. The molecule has 0 fully saturated rings. The van der Waals surface area contributed by atoms with Gasteiger partial charge in [0.25, 0.3) is 5.91 Å². The van der Waals surface area contributed by atoms with Crippen LogP contribution in [0.5, 0.6) is 0 Å². The predicted molar refractivity (Wildman–Crippen MR) is 105 cm³/mol. The average molecular weight is 374 g/mol. The molecule has 0 saturated heterocycles. The molecule has 27 heavy (non-hydrogen) atoms. The molecule has 6 heteroatoms. The molecule has 2 rings (SSSR count). The zero-order valence-electron chi connectivity index (χ0n) is 16.5. The van der Waals surface area contributed by atoms with Gasteiger partial charge in [0.1, 0.15) is 0 Å². The number of hydrogen-bond acceptors (Lipinski definition) is 5. The normalized spacial score (nSPS) is 16.4. The molecule has 1 aromatic carbocycles. The molecular formula is C21H30N2O4. The lowest BCUT2D eigenvalue weighted by Gasteiger charge is -2.18. The van der Waals surface area contributed by atoms with Crippen molar-refractivity contribution in [1.82, 2.24) is 10.2 Å². The van der Waals surface area contributed by atoms with E-state index in [2.05, 4.69) is 5.32 Å². The highest BCUT2D eigenvalue weighted by Gasteiger charge is 2.26. The van der Waals surface area contributed by atoms with Crippen molar-refractivity contribution in [2.24, 2.45) is 5.92 Å². The van der Waals surface area contributed by atoms with Gasteiger partial charge < -0.3 is 25.5 Å². The predicted octanol–water partition coefficient (Wildman–Crippen LogP) is 2.19. The molecule has 1 aromatic rings. The fourth-order valence-electron chi connectivity index (χ4n) is 3.33. The molecule has 4 N–H and O–H groups in total. The number of likely N-dealkylation sites (N-methyl/N-ethyl adjacent to an activating group) is 1. The second-order valence-electron chi connectivity index (χ2n) is 7.29. The third kappa shape index (κ3) is 4.97. The van der Waals surface area contributed by atoms with Crippen LogP contribution in [0.15, 0.2) is 41.2 Å². The van der Waals surface area contributed by atoms with Crippen LogP contribution in [-0.2, 0) is 17.9 Å². The van der Waals surface area contributed by atoms with Gasteiger partial charge in [-0.15, -0.1) is 0 Å². The van der Waals surface area contributed by atoms with E-state index >= 15 is 0 Å². The third-order valence-electron chi connectivity index (χ3n) is 4.84. The summed E-state index contributed by atoms with van der Waals surface area (Å²) in [6.07, 6.45) is 0.997. The largest absolute Gasteiger partial charge is 0.512 e. The van der Waals surface area contributed by atoms with Gasteiger partial charge in [0.15, 0.2) is 0 Å². The number of carbonyl (C=O) groups is 1. The molecule has 1 unspecified atom stereocenters. The first-order chi connectivity index (χ1) is 12.8. The van der Waals surface area contributed by atoms with Crippen molar-refractivity contribution in [3.05, 3.63) is 57.9 Å². The first kappa shape index (κ1) is 21.2. The summed E-state index contributed by atoms with van der Waals surface area (Å²) in [5.41, 5.74) is 3.76. The van der Waals surface area contributed by atoms with Crippen molar-refractivity contribution in [1.29, 1.82) is 0 Å². The summed E-state index contributed by atoms with van der Waals surface area (Å²) in [6, 6.07) is 5.76. The van der Waals surface area contributed by atoms with Crippen LogP contribution in [0.1, 0.15) is 43.6 Å². The Morgan fingerprint density at radius 3 is 2.52 bits per heavy atom. The number of allylic oxidation sites excluding steroid dienone is 3. The average Bonchev–Trinajstić information content (AvgIpc) is 3.04. The SMILES string of the molecule is CNCC(O)c1ccc2c(c1)CN(C(=O)/C(=C/C(=C(\C)O)C(C)C)CO)C2. The first-order valence-corrected chi connectivity index (χ1v) is 9.23. The van der Waals surface area contributed by atoms with Crippen LogP contribution in [0.3, 0.4) is 0 Å². The van der Waals surface area contributed by atoms with E-state index < -0.39 is 6.10 Å². The van der Waals surface area contributed by atoms with Gasteiger partial charge in [-0.3, -0.25) is 4.79 Å². The van der Waals surface area contributed by atoms with Gasteiger partial charge in [-0.1, -0.05) is 32.0 Å². The number of benzene rings is 1. The Morgan fingerprint density at radius 1 is 1.30 bits per heavy atom. The van der Waals surface area contributed by atoms with Crippen molar-refractivity contribution in [2.75, 3.05) is 20.2 Å². The molecule has 0 aliphatic carbocycles. The van der Waals surface area contributed by atoms with E-state index in [1.54, 1.807) is 24.9 Å². The van der Waals surface area contributed by atoms with E-state index in [0.717, 1.165) is 16.7 Å². The molecule has 1 aliphatic rings. The molecule has 1 aliphatic heterocycles. The monoisotopic (exact) mass is 374 g/mol. The van der Waals surface area contributed by atoms with Gasteiger partial charge in [0, 0.05) is 25.2 Å². The number of hydrogen-bond donors (Lipinski definition) is 4. The number of nitrogens with zero attached hydrogens (tertiary/aromatic N) is 1. The Bertz CT molecular complexity index is 749. The van der Waals surface area contributed by atoms with Gasteiger partial charge in [0.05, 0.1) is 18.5 Å². The summed E-state index contributed by atoms with van der Waals surface area (Å²) in [6.45, 7) is 6.40. The van der Waals surface area contributed by atoms with Crippen LogP contribution in [0, 0.1) is 5.92 Å². The zero-order chi connectivity index (χ0) is 20.1. The van der Waals surface area contributed by atoms with Gasteiger partial charge in [0.2, 0.25) is 0 Å². The Hall–Kier alpha value is -2.15. The zero-order valence-corrected chi connectivity index (χ0v) is 16.5. The van der Waals surface area contributed by atoms with Crippen LogP contribution in [-0.4, -0.2) is 46.3 Å². The summed E-state index contributed by atoms with van der Waals surface area (Å²) < 4.78 is 0. The minimum atomic E-state index is -0.593. The van der Waals surface area contributed by atoms with E-state index in [4.69, 9.17) is 0 Å². The molecule has 0 spiro atoms. The summed E-state index contributed by atoms with van der Waals surface area (Å²) >= 11 is 0. The van der Waals surface area contributed by atoms with Crippen molar-refractivity contribution < 1.29 is 20.1 Å². The Balaban J connectivity index is 2.21. The second-order valence-corrected chi connectivity index (χ2v) is 7.29. The number of fused-ring (bicyclic) bond motifs is 1. The van der Waals surface area contributed by atoms with Crippen LogP contribution in [0.4, 0.5) is 0 Å². The van der Waals surface area contributed by atoms with Gasteiger partial charge in [-0.2, -0.15) is 0 Å². The third-order valence-corrected chi connectivity index (χ3v) is 4.84. The second kappa shape index (κ2) is 9.17. The van der Waals surface area contributed by atoms with E-state index in [1.165, 1.54) is 0 Å². The van der Waals surface area contributed by atoms with Crippen LogP contribution < -0.4 is 5.32 Å². The van der Waals surface area contributed by atoms with Crippen LogP contribution in [0.25, 0.3) is 0 Å². The van der Waals surface area contributed by atoms with Gasteiger partial charge in [-0.05, 0) is 48.2 Å². The molecule has 148 valence electrons. The summed E-state index contributed by atoms with van der Waals surface area (Å²) in [5, 5.41) is 32.6. The van der Waals surface area contributed by atoms with Crippen molar-refractivity contribution in [3.63, 3.8) is 0 Å². The maximum absolute atomic E-state index is 12.9. The molecule has 0 aromatic heterocycles. The number of aliphatic hydroxyl groups excluding tert-OH is 3. The number of rotatable bonds is 7. The molecule has 0 radical (unpaired) electrons. The quantitative estimate of drug-likeness (QED) is 0.334. The molecule has 1 atom stereocenters. The molecular weight excluding hydrogens is 344 g/mol. The fraction of sp³-hybridized carbons (Fsp3) is 0.476. The van der Waals surface area contributed by atoms with Crippen LogP contribution >= 0.6 is 0 Å². The number of carbonyl (C=O) groups excluding carboxylic acids is 1. The number of aliphatic hydroxyl groups is 3. The van der Waals surface area contributed by atoms with E-state index in [9.17, 15) is 20.1 Å². The summed E-state index contributed by atoms with van der Waals surface area (Å²) in [5.74, 6) is -0.0570. The Labute approximate surface area is 160 Å². The van der Waals surface area contributed by atoms with Crippen molar-refractivity contribution in [3.8, 4) is 0 Å². The maximum atomic E-state index is 12.9. The molecule has 6 nitrogen and oxygen atoms in total. The summed E-state index contributed by atoms with van der Waals surface area (Å²) in [4.78, 5) is 14.6. The number of amides is 1. The highest BCUT2D eigenvalue weighted by molar-refractivity contribution is 5.94. The lowest BCUT2D eigenvalue weighted by molar-refractivity contribution is -0.128. The summed E-state index contributed by atoms with van der Waals surface area (Å²) in [7, 11) is 1.79. The Kier molecular flexibility index (Phi) is 7.18. The van der Waals surface area contributed by atoms with Crippen molar-refractivity contribution in [2.45, 2.75) is 40.0 Å². The smallest absolute Gasteiger partial charge is 0.252 e. The van der Waals surface area contributed by atoms with E-state index in [1.807, 2.05) is 32.0 Å². The lowest BCUT2D eigenvalue weighted by atomic mass is 9.99. The van der Waals surface area contributed by atoms with E-state index in [-0.39, 0.29) is 29.8 Å². The first-order valence-electron chi connectivity index (χ1n) is 9.23. The fourth-order valence-corrected chi connectivity index (χ4v) is 3.33. The topological polar surface area (TPSA) is 93.0 Å². The van der Waals surface area contributed by atoms with Crippen molar-refractivity contribution >= 4 is 5.91 Å². The molecule has 0 bridgehead atoms. The van der Waals surface area contributed by atoms with Gasteiger partial charge >= 0.3 is 0 Å². The highest BCUT2D eigenvalue weighted by Crippen LogP contribution is 2.28.